The van der Waals surface area contributed by atoms with E-state index in [2.05, 4.69) is 22.0 Å². The third-order valence-electron chi connectivity index (χ3n) is 2.89. The number of benzene rings is 1. The van der Waals surface area contributed by atoms with Crippen molar-refractivity contribution in [2.45, 2.75) is 18.2 Å². The van der Waals surface area contributed by atoms with Crippen LogP contribution in [0.4, 0.5) is 4.39 Å². The molecule has 1 atom stereocenters. The number of rotatable bonds is 3. The van der Waals surface area contributed by atoms with Gasteiger partial charge in [-0.05, 0) is 19.1 Å². The maximum absolute atomic E-state index is 14.1. The van der Waals surface area contributed by atoms with E-state index in [1.807, 2.05) is 6.92 Å². The topological polar surface area (TPSA) is 29.5 Å². The molecule has 0 aliphatic carbocycles. The summed E-state index contributed by atoms with van der Waals surface area (Å²) in [6.45, 7) is 2.32. The summed E-state index contributed by atoms with van der Waals surface area (Å²) in [6, 6.07) is 4.63. The molecule has 0 saturated heterocycles. The minimum Gasteiger partial charge on any atom is -0.494 e. The van der Waals surface area contributed by atoms with Crippen molar-refractivity contribution < 1.29 is 46.6 Å². The first-order valence-corrected chi connectivity index (χ1v) is 6.91. The van der Waals surface area contributed by atoms with Gasteiger partial charge in [-0.2, -0.15) is 0 Å². The van der Waals surface area contributed by atoms with Crippen molar-refractivity contribution in [2.75, 3.05) is 13.7 Å². The van der Waals surface area contributed by atoms with Gasteiger partial charge in [0.25, 0.3) is 0 Å². The van der Waals surface area contributed by atoms with Crippen molar-refractivity contribution >= 4 is 27.5 Å². The fourth-order valence-electron chi connectivity index (χ4n) is 1.93. The molecule has 1 aliphatic rings. The number of nitrogens with zero attached hydrogens (tertiary/aromatic N) is 1. The molecule has 1 radical (unpaired) electrons. The van der Waals surface area contributed by atoms with Crippen molar-refractivity contribution in [3.05, 3.63) is 35.7 Å². The SMILES string of the molecule is CCOc1ccc(C2=[C-]CC(Br)C(=O)N2C)c(F)c1.[Y]. The molecule has 0 spiro atoms. The molecule has 3 nitrogen and oxygen atoms in total. The summed E-state index contributed by atoms with van der Waals surface area (Å²) in [5.74, 6) is -0.0318. The van der Waals surface area contributed by atoms with Gasteiger partial charge in [-0.1, -0.05) is 22.4 Å². The smallest absolute Gasteiger partial charge is 0.236 e. The molecule has 0 bridgehead atoms. The van der Waals surface area contributed by atoms with Crippen LogP contribution in [-0.2, 0) is 37.5 Å². The first-order valence-electron chi connectivity index (χ1n) is 5.99. The van der Waals surface area contributed by atoms with Crippen LogP contribution < -0.4 is 4.74 Å². The molecule has 1 aromatic carbocycles. The molecule has 1 heterocycles. The Kier molecular flexibility index (Phi) is 6.82. The third kappa shape index (κ3) is 3.68. The Morgan fingerprint density at radius 2 is 2.25 bits per heavy atom. The minimum absolute atomic E-state index is 0. The van der Waals surface area contributed by atoms with E-state index in [9.17, 15) is 9.18 Å². The van der Waals surface area contributed by atoms with Crippen LogP contribution in [0.1, 0.15) is 18.9 Å². The Labute approximate surface area is 151 Å². The second kappa shape index (κ2) is 7.67. The van der Waals surface area contributed by atoms with E-state index in [1.165, 1.54) is 11.0 Å². The van der Waals surface area contributed by atoms with Gasteiger partial charge in [0.2, 0.25) is 5.91 Å². The first-order chi connectivity index (χ1) is 9.04. The van der Waals surface area contributed by atoms with Gasteiger partial charge in [0.15, 0.2) is 0 Å². The first kappa shape index (κ1) is 17.8. The zero-order valence-electron chi connectivity index (χ0n) is 11.3. The quantitative estimate of drug-likeness (QED) is 0.561. The number of ether oxygens (including phenoxy) is 1. The van der Waals surface area contributed by atoms with Gasteiger partial charge in [-0.3, -0.25) is 4.79 Å². The van der Waals surface area contributed by atoms with Gasteiger partial charge >= 0.3 is 0 Å². The van der Waals surface area contributed by atoms with Gasteiger partial charge in [0.05, 0.1) is 17.3 Å². The molecule has 20 heavy (non-hydrogen) atoms. The molecule has 0 fully saturated rings. The Morgan fingerprint density at radius 1 is 1.55 bits per heavy atom. The molecule has 1 aromatic rings. The summed E-state index contributed by atoms with van der Waals surface area (Å²) < 4.78 is 19.3. The molecule has 105 valence electrons. The zero-order chi connectivity index (χ0) is 14.0. The van der Waals surface area contributed by atoms with Crippen molar-refractivity contribution in [3.8, 4) is 5.75 Å². The van der Waals surface area contributed by atoms with Gasteiger partial charge in [-0.15, -0.1) is 17.3 Å². The van der Waals surface area contributed by atoms with Crippen molar-refractivity contribution in [1.82, 2.24) is 4.90 Å². The average molecular weight is 416 g/mol. The van der Waals surface area contributed by atoms with E-state index in [1.54, 1.807) is 19.2 Å². The van der Waals surface area contributed by atoms with Crippen LogP contribution in [0, 0.1) is 11.9 Å². The van der Waals surface area contributed by atoms with Crippen LogP contribution in [0.25, 0.3) is 5.70 Å². The van der Waals surface area contributed by atoms with Gasteiger partial charge < -0.3 is 9.64 Å². The van der Waals surface area contributed by atoms with Crippen LogP contribution in [0.5, 0.6) is 5.75 Å². The number of hydrogen-bond donors (Lipinski definition) is 0. The second-order valence-electron chi connectivity index (χ2n) is 4.17. The van der Waals surface area contributed by atoms with Gasteiger partial charge in [0.1, 0.15) is 5.75 Å². The number of alkyl halides is 1. The molecule has 0 aromatic heterocycles. The fourth-order valence-corrected chi connectivity index (χ4v) is 2.40. The van der Waals surface area contributed by atoms with Crippen LogP contribution in [0.3, 0.4) is 0 Å². The van der Waals surface area contributed by atoms with Crippen LogP contribution >= 0.6 is 15.9 Å². The second-order valence-corrected chi connectivity index (χ2v) is 5.27. The number of carbonyl (C=O) groups is 1. The molecule has 0 saturated carbocycles. The maximum Gasteiger partial charge on any atom is 0.236 e. The maximum atomic E-state index is 14.1. The van der Waals surface area contributed by atoms with E-state index in [0.717, 1.165) is 0 Å². The van der Waals surface area contributed by atoms with Crippen LogP contribution in [0.2, 0.25) is 0 Å². The number of halogens is 2. The molecular weight excluding hydrogens is 402 g/mol. The summed E-state index contributed by atoms with van der Waals surface area (Å²) in [4.78, 5) is 13.0. The normalized spacial score (nSPS) is 18.4. The van der Waals surface area contributed by atoms with E-state index >= 15 is 0 Å². The predicted octanol–water partition coefficient (Wildman–Crippen LogP) is 2.99. The summed E-state index contributed by atoms with van der Waals surface area (Å²) in [5.41, 5.74) is 0.833. The van der Waals surface area contributed by atoms with Crippen molar-refractivity contribution in [2.24, 2.45) is 0 Å². The summed E-state index contributed by atoms with van der Waals surface area (Å²) in [6.07, 6.45) is 3.49. The Hall–Kier alpha value is -0.256. The Bertz CT molecular complexity index is 536. The standard InChI is InChI=1S/C14H14BrFNO2.Y/c1-3-19-9-4-5-10(12(16)8-9)13-7-6-11(15)14(18)17(13)2;/h4-5,8,11H,3,6H2,1-2H3;/q-1;. The van der Waals surface area contributed by atoms with Crippen LogP contribution in [-0.4, -0.2) is 29.3 Å². The molecule has 2 rings (SSSR count). The largest absolute Gasteiger partial charge is 0.494 e. The fraction of sp³-hybridized carbons (Fsp3) is 0.357. The number of allylic oxidation sites excluding steroid dienone is 1. The molecular formula is C14H14BrFNO2Y-. The Morgan fingerprint density at radius 3 is 2.85 bits per heavy atom. The molecule has 1 amide bonds. The predicted molar refractivity (Wildman–Crippen MR) is 74.3 cm³/mol. The summed E-state index contributed by atoms with van der Waals surface area (Å²) in [7, 11) is 1.62. The van der Waals surface area contributed by atoms with E-state index in [-0.39, 0.29) is 43.4 Å². The monoisotopic (exact) mass is 415 g/mol. The number of amides is 1. The number of carbonyl (C=O) groups excluding carboxylic acids is 1. The minimum atomic E-state index is -0.416. The van der Waals surface area contributed by atoms with Gasteiger partial charge in [-0.25, -0.2) is 10.5 Å². The van der Waals surface area contributed by atoms with Crippen molar-refractivity contribution in [3.63, 3.8) is 0 Å². The summed E-state index contributed by atoms with van der Waals surface area (Å²) >= 11 is 3.26. The molecule has 6 heteroatoms. The molecule has 1 unspecified atom stereocenters. The Balaban J connectivity index is 0.00000200. The third-order valence-corrected chi connectivity index (χ3v) is 3.60. The van der Waals surface area contributed by atoms with E-state index in [0.29, 0.717) is 30.0 Å². The zero-order valence-corrected chi connectivity index (χ0v) is 15.7. The van der Waals surface area contributed by atoms with Gasteiger partial charge in [0, 0.05) is 39.8 Å². The summed E-state index contributed by atoms with van der Waals surface area (Å²) in [5, 5.41) is 0. The average Bonchev–Trinajstić information content (AvgIpc) is 2.38. The van der Waals surface area contributed by atoms with Crippen LogP contribution in [0.15, 0.2) is 18.2 Å². The number of hydrogen-bond acceptors (Lipinski definition) is 2. The van der Waals surface area contributed by atoms with Crippen molar-refractivity contribution in [1.29, 1.82) is 0 Å². The van der Waals surface area contributed by atoms with E-state index < -0.39 is 5.82 Å². The molecule has 1 aliphatic heterocycles. The molecule has 0 N–H and O–H groups in total. The van der Waals surface area contributed by atoms with E-state index in [4.69, 9.17) is 4.74 Å².